The van der Waals surface area contributed by atoms with Gasteiger partial charge in [-0.15, -0.1) is 0 Å². The molecule has 36 heteroatoms. The number of hydrogen-bond donors (Lipinski definition) is 23. The van der Waals surface area contributed by atoms with Crippen molar-refractivity contribution in [2.75, 3.05) is 6.61 Å². The minimum Gasteiger partial charge on any atom is -0.394 e. The SMILES string of the molecule is N[C@@H]1[C@@H](O)[C@H](O)[C@@H](CO)O[C@H]1O.O=P(O)(O)O.O=P(O)(O)O.O=P(O)(O)O.O=P(O)(O)O.O=P(O)(O)O.O=P(O)(O)O. The van der Waals surface area contributed by atoms with Crippen LogP contribution in [0.3, 0.4) is 0 Å². The molecule has 0 bridgehead atoms. The van der Waals surface area contributed by atoms with Crippen molar-refractivity contribution in [3.63, 3.8) is 0 Å². The van der Waals surface area contributed by atoms with Gasteiger partial charge in [0.15, 0.2) is 6.29 Å². The molecule has 1 aliphatic rings. The molecule has 1 fully saturated rings. The summed E-state index contributed by atoms with van der Waals surface area (Å²) in [5.41, 5.74) is 5.26. The molecule has 0 spiro atoms. The number of aliphatic hydroxyl groups is 4. The zero-order valence-electron chi connectivity index (χ0n) is 19.6. The Kier molecular flexibility index (Phi) is 31.0. The van der Waals surface area contributed by atoms with Gasteiger partial charge in [-0.3, -0.25) is 0 Å². The first-order valence-corrected chi connectivity index (χ1v) is 17.7. The van der Waals surface area contributed by atoms with E-state index in [0.717, 1.165) is 0 Å². The van der Waals surface area contributed by atoms with Crippen LogP contribution < -0.4 is 5.73 Å². The van der Waals surface area contributed by atoms with E-state index >= 15 is 0 Å². The van der Waals surface area contributed by atoms with Crippen LogP contribution >= 0.6 is 46.9 Å². The average Bonchev–Trinajstić information content (AvgIpc) is 2.54. The van der Waals surface area contributed by atoms with Crippen molar-refractivity contribution in [2.24, 2.45) is 5.73 Å². The minimum atomic E-state index is -4.64. The highest BCUT2D eigenvalue weighted by Crippen LogP contribution is 2.28. The molecule has 264 valence electrons. The topological polar surface area (TPSA) is 583 Å². The molecule has 0 saturated carbocycles. The van der Waals surface area contributed by atoms with Gasteiger partial charge in [-0.1, -0.05) is 0 Å². The monoisotopic (exact) mass is 767 g/mol. The maximum atomic E-state index is 9.20. The zero-order chi connectivity index (χ0) is 36.3. The van der Waals surface area contributed by atoms with Gasteiger partial charge < -0.3 is 119 Å². The van der Waals surface area contributed by atoms with Crippen LogP contribution in [-0.4, -0.2) is 146 Å². The lowest BCUT2D eigenvalue weighted by Gasteiger charge is -2.38. The van der Waals surface area contributed by atoms with Crippen LogP contribution in [0.15, 0.2) is 0 Å². The van der Waals surface area contributed by atoms with E-state index in [-0.39, 0.29) is 0 Å². The fraction of sp³-hybridized carbons (Fsp3) is 1.00. The highest BCUT2D eigenvalue weighted by Gasteiger charge is 2.41. The van der Waals surface area contributed by atoms with Gasteiger partial charge in [0, 0.05) is 0 Å². The molecule has 1 saturated heterocycles. The van der Waals surface area contributed by atoms with Gasteiger partial charge in [0.05, 0.1) is 12.6 Å². The Morgan fingerprint density at radius 1 is 0.452 bits per heavy atom. The summed E-state index contributed by atoms with van der Waals surface area (Å²) in [6.07, 6.45) is -4.85. The number of aliphatic hydroxyl groups excluding tert-OH is 4. The van der Waals surface area contributed by atoms with E-state index in [9.17, 15) is 10.2 Å². The van der Waals surface area contributed by atoms with Gasteiger partial charge in [-0.2, -0.15) is 0 Å². The van der Waals surface area contributed by atoms with Gasteiger partial charge in [-0.05, 0) is 0 Å². The van der Waals surface area contributed by atoms with E-state index < -0.39 is 84.2 Å². The molecule has 1 aliphatic heterocycles. The van der Waals surface area contributed by atoms with Gasteiger partial charge in [0.1, 0.15) is 18.3 Å². The van der Waals surface area contributed by atoms with E-state index in [1.165, 1.54) is 0 Å². The number of hydrogen-bond acceptors (Lipinski definition) is 12. The first-order valence-electron chi connectivity index (χ1n) is 8.33. The van der Waals surface area contributed by atoms with Gasteiger partial charge in [0.25, 0.3) is 0 Å². The first-order chi connectivity index (χ1) is 17.6. The summed E-state index contributed by atoms with van der Waals surface area (Å²) in [6.45, 7) is -0.470. The molecule has 24 N–H and O–H groups in total. The summed E-state index contributed by atoms with van der Waals surface area (Å²) >= 11 is 0. The molecule has 42 heavy (non-hydrogen) atoms. The van der Waals surface area contributed by atoms with E-state index in [0.29, 0.717) is 0 Å². The van der Waals surface area contributed by atoms with Crippen LogP contribution in [0.4, 0.5) is 0 Å². The molecule has 30 nitrogen and oxygen atoms in total. The molecule has 1 heterocycles. The first kappa shape index (κ1) is 54.9. The molecule has 0 aromatic carbocycles. The number of ether oxygens (including phenoxy) is 1. The van der Waals surface area contributed by atoms with Crippen molar-refractivity contribution in [3.8, 4) is 0 Å². The Hall–Kier alpha value is 0.420. The van der Waals surface area contributed by atoms with Crippen LogP contribution in [0.5, 0.6) is 0 Å². The maximum Gasteiger partial charge on any atom is 0.466 e. The Morgan fingerprint density at radius 2 is 0.619 bits per heavy atom. The van der Waals surface area contributed by atoms with E-state index in [1.54, 1.807) is 0 Å². The van der Waals surface area contributed by atoms with E-state index in [1.807, 2.05) is 0 Å². The predicted octanol–water partition coefficient (Wildman–Crippen LogP) is -8.83. The normalized spacial score (nSPS) is 22.5. The predicted molar refractivity (Wildman–Crippen MR) is 124 cm³/mol. The quantitative estimate of drug-likeness (QED) is 0.110. The van der Waals surface area contributed by atoms with Crippen molar-refractivity contribution in [2.45, 2.75) is 30.6 Å². The highest BCUT2D eigenvalue weighted by molar-refractivity contribution is 7.46. The third kappa shape index (κ3) is 125. The van der Waals surface area contributed by atoms with Gasteiger partial charge >= 0.3 is 46.9 Å². The van der Waals surface area contributed by atoms with Crippen LogP contribution in [0, 0.1) is 0 Å². The molecule has 0 radical (unpaired) electrons. The Bertz CT molecular complexity index is 738. The van der Waals surface area contributed by atoms with Crippen molar-refractivity contribution < 1.29 is 141 Å². The molecular weight excluding hydrogens is 736 g/mol. The second kappa shape index (κ2) is 23.7. The molecule has 0 aliphatic carbocycles. The lowest BCUT2D eigenvalue weighted by molar-refractivity contribution is -0.248. The smallest absolute Gasteiger partial charge is 0.394 e. The summed E-state index contributed by atoms with van der Waals surface area (Å²) in [4.78, 5) is 129. The molecule has 0 aromatic heterocycles. The summed E-state index contributed by atoms with van der Waals surface area (Å²) < 4.78 is 58.0. The largest absolute Gasteiger partial charge is 0.466 e. The maximum absolute atomic E-state index is 9.20. The minimum absolute atomic E-state index is 0.470. The summed E-state index contributed by atoms with van der Waals surface area (Å²) in [6, 6.07) is -1.04. The second-order valence-corrected chi connectivity index (χ2v) is 12.0. The molecule has 0 aromatic rings. The number of phosphoric acid groups is 6. The third-order valence-electron chi connectivity index (χ3n) is 1.95. The number of rotatable bonds is 1. The lowest BCUT2D eigenvalue weighted by atomic mass is 9.98. The highest BCUT2D eigenvalue weighted by atomic mass is 31.2. The van der Waals surface area contributed by atoms with Gasteiger partial charge in [0.2, 0.25) is 0 Å². The Labute approximate surface area is 231 Å². The molecule has 1 rings (SSSR count). The third-order valence-corrected chi connectivity index (χ3v) is 1.95. The van der Waals surface area contributed by atoms with Crippen molar-refractivity contribution in [1.82, 2.24) is 0 Å². The summed E-state index contributed by atoms with van der Waals surface area (Å²) in [5, 5.41) is 36.1. The van der Waals surface area contributed by atoms with Crippen molar-refractivity contribution in [1.29, 1.82) is 0 Å². The van der Waals surface area contributed by atoms with Crippen molar-refractivity contribution in [3.05, 3.63) is 0 Å². The second-order valence-electron chi connectivity index (χ2n) is 5.89. The molecule has 5 atom stereocenters. The Balaban J connectivity index is -0.0000000944. The average molecular weight is 767 g/mol. The van der Waals surface area contributed by atoms with Gasteiger partial charge in [-0.25, -0.2) is 27.4 Å². The molecule has 0 unspecified atom stereocenters. The summed E-state index contributed by atoms with van der Waals surface area (Å²) in [5.74, 6) is 0. The van der Waals surface area contributed by atoms with E-state index in [2.05, 4.69) is 0 Å². The van der Waals surface area contributed by atoms with Crippen molar-refractivity contribution >= 4 is 46.9 Å². The lowest BCUT2D eigenvalue weighted by Crippen LogP contribution is -2.61. The standard InChI is InChI=1S/C6H13NO5.6H3O4P/c7-3-5(10)4(9)2(1-8)12-6(3)11;6*1-5(2,3)4/h2-6,8-11H,1,7H2;6*(H3,1,2,3,4)/t2-,3-,4-,5-,6-;;;;;;/m1....../s1. The molecule has 0 amide bonds. The Morgan fingerprint density at radius 3 is 0.762 bits per heavy atom. The van der Waals surface area contributed by atoms with Crippen LogP contribution in [0.1, 0.15) is 0 Å². The van der Waals surface area contributed by atoms with Crippen LogP contribution in [-0.2, 0) is 32.1 Å². The summed E-state index contributed by atoms with van der Waals surface area (Å²) in [7, 11) is -27.8. The fourth-order valence-corrected chi connectivity index (χ4v) is 1.12. The van der Waals surface area contributed by atoms with Crippen LogP contribution in [0.2, 0.25) is 0 Å². The molecular formula is C6H31NO29P6. The zero-order valence-corrected chi connectivity index (χ0v) is 24.9. The number of nitrogens with two attached hydrogens (primary N) is 1. The van der Waals surface area contributed by atoms with E-state index in [4.69, 9.17) is 136 Å². The van der Waals surface area contributed by atoms with Crippen LogP contribution in [0.25, 0.3) is 0 Å². The fourth-order valence-electron chi connectivity index (χ4n) is 1.12.